The van der Waals surface area contributed by atoms with E-state index in [1.807, 2.05) is 0 Å². The minimum atomic E-state index is -0.141. The standard InChI is InChI=1S/C15H22IO4P/c1-19-15(18)5-3-2-4-10-6-11-8-14(20-21-16)13(9-17)12(11)7-10/h4,9,11-14,21H,2-3,5-8H2,1H3/b10-4+/t11-,12-,13+,14+/m0/s1. The monoisotopic (exact) mass is 424 g/mol. The molecule has 1 unspecified atom stereocenters. The lowest BCUT2D eigenvalue weighted by Crippen LogP contribution is -2.21. The van der Waals surface area contributed by atoms with Crippen LogP contribution in [0.1, 0.15) is 38.5 Å². The molecule has 0 spiro atoms. The van der Waals surface area contributed by atoms with Crippen LogP contribution in [-0.4, -0.2) is 25.5 Å². The first-order valence-electron chi connectivity index (χ1n) is 7.40. The molecule has 2 fully saturated rings. The van der Waals surface area contributed by atoms with Crippen molar-refractivity contribution >= 4 is 40.7 Å². The van der Waals surface area contributed by atoms with E-state index in [0.717, 1.165) is 38.4 Å². The number of fused-ring (bicyclic) bond motifs is 1. The summed E-state index contributed by atoms with van der Waals surface area (Å²) in [5.74, 6) is 0.993. The van der Waals surface area contributed by atoms with Crippen molar-refractivity contribution in [2.24, 2.45) is 17.8 Å². The number of methoxy groups -OCH3 is 1. The van der Waals surface area contributed by atoms with Gasteiger partial charge in [0.25, 0.3) is 0 Å². The first kappa shape index (κ1) is 17.4. The van der Waals surface area contributed by atoms with Crippen LogP contribution < -0.4 is 0 Å². The zero-order valence-electron chi connectivity index (χ0n) is 12.2. The van der Waals surface area contributed by atoms with Gasteiger partial charge in [0.2, 0.25) is 0 Å². The summed E-state index contributed by atoms with van der Waals surface area (Å²) < 4.78 is 10.4. The molecule has 0 saturated heterocycles. The number of allylic oxidation sites excluding steroid dienone is 2. The van der Waals surface area contributed by atoms with E-state index < -0.39 is 0 Å². The van der Waals surface area contributed by atoms with Crippen LogP contribution in [0, 0.1) is 17.8 Å². The number of unbranched alkanes of at least 4 members (excludes halogenated alkanes) is 1. The molecule has 0 heterocycles. The minimum Gasteiger partial charge on any atom is -0.469 e. The predicted octanol–water partition coefficient (Wildman–Crippen LogP) is 3.83. The lowest BCUT2D eigenvalue weighted by molar-refractivity contribution is -0.140. The highest BCUT2D eigenvalue weighted by molar-refractivity contribution is 14.2. The van der Waals surface area contributed by atoms with Crippen molar-refractivity contribution in [3.63, 3.8) is 0 Å². The summed E-state index contributed by atoms with van der Waals surface area (Å²) in [5.41, 5.74) is 1.46. The maximum Gasteiger partial charge on any atom is 0.305 e. The van der Waals surface area contributed by atoms with Gasteiger partial charge in [-0.2, -0.15) is 0 Å². The van der Waals surface area contributed by atoms with Gasteiger partial charge < -0.3 is 14.1 Å². The Labute approximate surface area is 140 Å². The fraction of sp³-hybridized carbons (Fsp3) is 0.733. The molecule has 2 aliphatic rings. The topological polar surface area (TPSA) is 52.6 Å². The number of hydrogen-bond acceptors (Lipinski definition) is 4. The van der Waals surface area contributed by atoms with Gasteiger partial charge in [-0.15, -0.1) is 0 Å². The van der Waals surface area contributed by atoms with Gasteiger partial charge in [-0.25, -0.2) is 0 Å². The zero-order chi connectivity index (χ0) is 15.2. The zero-order valence-corrected chi connectivity index (χ0v) is 15.4. The van der Waals surface area contributed by atoms with Crippen molar-refractivity contribution in [2.75, 3.05) is 7.11 Å². The van der Waals surface area contributed by atoms with E-state index in [4.69, 9.17) is 4.52 Å². The summed E-state index contributed by atoms with van der Waals surface area (Å²) in [6.45, 7) is 0.430. The van der Waals surface area contributed by atoms with E-state index in [9.17, 15) is 9.59 Å². The van der Waals surface area contributed by atoms with Crippen LogP contribution in [0.4, 0.5) is 0 Å². The van der Waals surface area contributed by atoms with Crippen molar-refractivity contribution in [1.29, 1.82) is 0 Å². The van der Waals surface area contributed by atoms with E-state index in [-0.39, 0.29) is 18.0 Å². The number of esters is 1. The predicted molar refractivity (Wildman–Crippen MR) is 91.5 cm³/mol. The normalized spacial score (nSPS) is 33.7. The average Bonchev–Trinajstić information content (AvgIpc) is 3.00. The highest BCUT2D eigenvalue weighted by Gasteiger charge is 2.47. The highest BCUT2D eigenvalue weighted by Crippen LogP contribution is 2.51. The van der Waals surface area contributed by atoms with Crippen molar-refractivity contribution < 1.29 is 18.8 Å². The summed E-state index contributed by atoms with van der Waals surface area (Å²) in [5, 5.41) is 0. The fourth-order valence-corrected chi connectivity index (χ4v) is 5.02. The number of aldehydes is 1. The van der Waals surface area contributed by atoms with Gasteiger partial charge in [0.15, 0.2) is 0 Å². The van der Waals surface area contributed by atoms with Crippen LogP contribution >= 0.6 is 28.5 Å². The maximum atomic E-state index is 11.4. The Morgan fingerprint density at radius 2 is 2.29 bits per heavy atom. The van der Waals surface area contributed by atoms with E-state index in [1.165, 1.54) is 12.7 Å². The number of ether oxygens (including phenoxy) is 1. The molecule has 0 aromatic rings. The molecule has 0 aliphatic heterocycles. The lowest BCUT2D eigenvalue weighted by atomic mass is 9.92. The molecular formula is C15H22IO4P. The largest absolute Gasteiger partial charge is 0.469 e. The molecule has 21 heavy (non-hydrogen) atoms. The molecule has 2 aliphatic carbocycles. The van der Waals surface area contributed by atoms with E-state index in [2.05, 4.69) is 32.9 Å². The number of halogens is 1. The molecule has 0 aromatic carbocycles. The Balaban J connectivity index is 1.82. The van der Waals surface area contributed by atoms with Crippen LogP contribution in [0.25, 0.3) is 0 Å². The molecule has 0 N–H and O–H groups in total. The van der Waals surface area contributed by atoms with Gasteiger partial charge in [-0.3, -0.25) is 4.79 Å². The average molecular weight is 424 g/mol. The molecule has 2 saturated carbocycles. The Bertz CT molecular complexity index is 412. The van der Waals surface area contributed by atoms with Gasteiger partial charge in [0.1, 0.15) is 6.29 Å². The quantitative estimate of drug-likeness (QED) is 0.156. The van der Waals surface area contributed by atoms with E-state index in [0.29, 0.717) is 24.7 Å². The Kier molecular flexibility index (Phi) is 7.10. The van der Waals surface area contributed by atoms with Gasteiger partial charge >= 0.3 is 5.97 Å². The number of rotatable bonds is 7. The van der Waals surface area contributed by atoms with Crippen molar-refractivity contribution in [3.05, 3.63) is 11.6 Å². The van der Waals surface area contributed by atoms with E-state index >= 15 is 0 Å². The first-order chi connectivity index (χ1) is 10.2. The second kappa shape index (κ2) is 8.59. The van der Waals surface area contributed by atoms with Crippen molar-refractivity contribution in [1.82, 2.24) is 0 Å². The minimum absolute atomic E-state index is 0.0678. The molecular weight excluding hydrogens is 402 g/mol. The third kappa shape index (κ3) is 4.49. The van der Waals surface area contributed by atoms with Crippen LogP contribution in [0.2, 0.25) is 0 Å². The van der Waals surface area contributed by atoms with Crippen molar-refractivity contribution in [2.45, 2.75) is 44.6 Å². The smallest absolute Gasteiger partial charge is 0.305 e. The fourth-order valence-electron chi connectivity index (χ4n) is 3.67. The molecule has 118 valence electrons. The second-order valence-electron chi connectivity index (χ2n) is 5.85. The van der Waals surface area contributed by atoms with E-state index in [1.54, 1.807) is 0 Å². The lowest BCUT2D eigenvalue weighted by Gasteiger charge is -2.17. The molecule has 5 atom stereocenters. The number of carbonyl (C=O) groups excluding carboxylic acids is 2. The third-order valence-electron chi connectivity index (χ3n) is 4.69. The molecule has 0 amide bonds. The SMILES string of the molecule is COC(=O)CCC/C=C1\C[C@H]2C[C@@H](OPI)[C@H](C=O)[C@H]2C1. The molecule has 0 aromatic heterocycles. The summed E-state index contributed by atoms with van der Waals surface area (Å²) in [4.78, 5) is 22.4. The van der Waals surface area contributed by atoms with Gasteiger partial charge in [0, 0.05) is 12.3 Å². The molecule has 0 radical (unpaired) electrons. The third-order valence-corrected chi connectivity index (χ3v) is 5.84. The summed E-state index contributed by atoms with van der Waals surface area (Å²) in [6.07, 6.45) is 8.88. The number of carbonyl (C=O) groups is 2. The highest BCUT2D eigenvalue weighted by atomic mass is 127. The van der Waals surface area contributed by atoms with Gasteiger partial charge in [-0.05, 0) is 66.0 Å². The second-order valence-corrected chi connectivity index (χ2v) is 7.56. The molecule has 6 heteroatoms. The molecule has 0 bridgehead atoms. The first-order valence-corrected chi connectivity index (χ1v) is 11.4. The Hall–Kier alpha value is -0.000000000000000111. The number of hydrogen-bond donors (Lipinski definition) is 0. The van der Waals surface area contributed by atoms with Gasteiger partial charge in [-0.1, -0.05) is 11.6 Å². The molecule has 2 rings (SSSR count). The van der Waals surface area contributed by atoms with Crippen LogP contribution in [0.3, 0.4) is 0 Å². The summed E-state index contributed by atoms with van der Waals surface area (Å²) in [6, 6.07) is 0. The molecule has 4 nitrogen and oxygen atoms in total. The van der Waals surface area contributed by atoms with Crippen LogP contribution in [-0.2, 0) is 18.8 Å². The van der Waals surface area contributed by atoms with Crippen LogP contribution in [0.15, 0.2) is 11.6 Å². The Morgan fingerprint density at radius 3 is 2.95 bits per heavy atom. The Morgan fingerprint density at radius 1 is 1.48 bits per heavy atom. The van der Waals surface area contributed by atoms with Gasteiger partial charge in [0.05, 0.1) is 19.7 Å². The summed E-state index contributed by atoms with van der Waals surface area (Å²) >= 11 is 2.22. The maximum absolute atomic E-state index is 11.4. The van der Waals surface area contributed by atoms with Crippen LogP contribution in [0.5, 0.6) is 0 Å². The summed E-state index contributed by atoms with van der Waals surface area (Å²) in [7, 11) is 1.42. The van der Waals surface area contributed by atoms with Crippen molar-refractivity contribution in [3.8, 4) is 0 Å².